The molecular weight excluding hydrogens is 296 g/mol. The van der Waals surface area contributed by atoms with Crippen molar-refractivity contribution in [1.82, 2.24) is 0 Å². The van der Waals surface area contributed by atoms with Crippen LogP contribution in [0.1, 0.15) is 0 Å². The van der Waals surface area contributed by atoms with Crippen LogP contribution in [0.15, 0.2) is 64.8 Å². The van der Waals surface area contributed by atoms with Gasteiger partial charge in [0.1, 0.15) is 17.1 Å². The molecular formula is C16H12N4O3. The van der Waals surface area contributed by atoms with E-state index in [-0.39, 0.29) is 17.1 Å². The lowest BCUT2D eigenvalue weighted by atomic mass is 10.1. The molecule has 0 saturated carbocycles. The quantitative estimate of drug-likeness (QED) is 0.322. The predicted molar refractivity (Wildman–Crippen MR) is 87.3 cm³/mol. The number of phenols is 1. The van der Waals surface area contributed by atoms with E-state index in [4.69, 9.17) is 5.73 Å². The Morgan fingerprint density at radius 1 is 1.04 bits per heavy atom. The van der Waals surface area contributed by atoms with Crippen molar-refractivity contribution in [3.8, 4) is 5.75 Å². The summed E-state index contributed by atoms with van der Waals surface area (Å²) in [5, 5.41) is 30.3. The Balaban J connectivity index is 2.04. The average molecular weight is 308 g/mol. The van der Waals surface area contributed by atoms with Crippen LogP contribution in [0.25, 0.3) is 10.8 Å². The molecule has 0 aliphatic rings. The second kappa shape index (κ2) is 5.72. The highest BCUT2D eigenvalue weighted by molar-refractivity contribution is 5.97. The number of nitrogens with zero attached hydrogens (tertiary/aromatic N) is 3. The maximum atomic E-state index is 10.7. The second-order valence-corrected chi connectivity index (χ2v) is 4.85. The third kappa shape index (κ3) is 2.80. The molecule has 0 heterocycles. The Hall–Kier alpha value is -3.48. The number of nitro groups is 1. The highest BCUT2D eigenvalue weighted by Gasteiger charge is 2.10. The average Bonchev–Trinajstić information content (AvgIpc) is 2.55. The zero-order valence-electron chi connectivity index (χ0n) is 11.9. The number of hydrogen-bond acceptors (Lipinski definition) is 6. The fraction of sp³-hybridized carbons (Fsp3) is 0. The number of aromatic hydroxyl groups is 1. The summed E-state index contributed by atoms with van der Waals surface area (Å²) in [5.74, 6) is -0.318. The van der Waals surface area contributed by atoms with Gasteiger partial charge in [0.2, 0.25) is 0 Å². The maximum absolute atomic E-state index is 10.7. The summed E-state index contributed by atoms with van der Waals surface area (Å²) in [6.45, 7) is 0. The van der Waals surface area contributed by atoms with Gasteiger partial charge in [0.25, 0.3) is 5.69 Å². The minimum atomic E-state index is -0.594. The monoisotopic (exact) mass is 308 g/mol. The number of rotatable bonds is 3. The van der Waals surface area contributed by atoms with Crippen molar-refractivity contribution in [1.29, 1.82) is 0 Å². The molecule has 7 heteroatoms. The van der Waals surface area contributed by atoms with Gasteiger partial charge in [0, 0.05) is 11.5 Å². The SMILES string of the molecule is Nc1ccc2ccccc2c1/N=N/c1ccc([N+](=O)[O-])cc1O. The third-order valence-corrected chi connectivity index (χ3v) is 3.36. The van der Waals surface area contributed by atoms with Gasteiger partial charge in [-0.25, -0.2) is 0 Å². The normalized spacial score (nSPS) is 11.1. The molecule has 0 aliphatic carbocycles. The van der Waals surface area contributed by atoms with Crippen molar-refractivity contribution >= 4 is 33.5 Å². The predicted octanol–water partition coefficient (Wildman–Crippen LogP) is 4.45. The smallest absolute Gasteiger partial charge is 0.273 e. The number of nitrogens with two attached hydrogens (primary N) is 1. The first-order valence-electron chi connectivity index (χ1n) is 6.72. The Kier molecular flexibility index (Phi) is 3.60. The number of hydrogen-bond donors (Lipinski definition) is 2. The first kappa shape index (κ1) is 14.5. The molecule has 114 valence electrons. The van der Waals surface area contributed by atoms with Crippen LogP contribution >= 0.6 is 0 Å². The van der Waals surface area contributed by atoms with Crippen molar-refractivity contribution in [2.24, 2.45) is 10.2 Å². The van der Waals surface area contributed by atoms with E-state index in [9.17, 15) is 15.2 Å². The molecule has 3 aromatic rings. The van der Waals surface area contributed by atoms with E-state index in [1.54, 1.807) is 6.07 Å². The minimum absolute atomic E-state index is 0.128. The second-order valence-electron chi connectivity index (χ2n) is 4.85. The Morgan fingerprint density at radius 2 is 1.83 bits per heavy atom. The van der Waals surface area contributed by atoms with Gasteiger partial charge in [-0.3, -0.25) is 10.1 Å². The molecule has 0 saturated heterocycles. The summed E-state index contributed by atoms with van der Waals surface area (Å²) in [4.78, 5) is 10.1. The first-order valence-corrected chi connectivity index (χ1v) is 6.72. The third-order valence-electron chi connectivity index (χ3n) is 3.36. The van der Waals surface area contributed by atoms with Crippen LogP contribution < -0.4 is 5.73 Å². The summed E-state index contributed by atoms with van der Waals surface area (Å²) in [6, 6.07) is 14.8. The van der Waals surface area contributed by atoms with Crippen LogP contribution in [0.5, 0.6) is 5.75 Å². The number of nitrogen functional groups attached to an aromatic ring is 1. The van der Waals surface area contributed by atoms with Gasteiger partial charge in [0.15, 0.2) is 0 Å². The molecule has 0 atom stereocenters. The molecule has 0 fully saturated rings. The van der Waals surface area contributed by atoms with Gasteiger partial charge >= 0.3 is 0 Å². The minimum Gasteiger partial charge on any atom is -0.505 e. The molecule has 7 nitrogen and oxygen atoms in total. The molecule has 23 heavy (non-hydrogen) atoms. The van der Waals surface area contributed by atoms with E-state index < -0.39 is 4.92 Å². The lowest BCUT2D eigenvalue weighted by molar-refractivity contribution is -0.384. The van der Waals surface area contributed by atoms with E-state index in [0.29, 0.717) is 11.4 Å². The fourth-order valence-electron chi connectivity index (χ4n) is 2.20. The molecule has 0 aliphatic heterocycles. The molecule has 0 amide bonds. The number of azo groups is 1. The van der Waals surface area contributed by atoms with Crippen LogP contribution in [0.2, 0.25) is 0 Å². The van der Waals surface area contributed by atoms with Crippen molar-refractivity contribution in [3.05, 3.63) is 64.7 Å². The summed E-state index contributed by atoms with van der Waals surface area (Å²) >= 11 is 0. The zero-order chi connectivity index (χ0) is 16.4. The highest BCUT2D eigenvalue weighted by Crippen LogP contribution is 2.36. The van der Waals surface area contributed by atoms with Gasteiger partial charge in [-0.05, 0) is 17.5 Å². The zero-order valence-corrected chi connectivity index (χ0v) is 11.9. The highest BCUT2D eigenvalue weighted by atomic mass is 16.6. The van der Waals surface area contributed by atoms with Crippen LogP contribution in [-0.4, -0.2) is 10.0 Å². The molecule has 0 unspecified atom stereocenters. The van der Waals surface area contributed by atoms with Gasteiger partial charge in [-0.1, -0.05) is 30.3 Å². The standard InChI is InChI=1S/C16H12N4O3/c17-13-7-5-10-3-1-2-4-12(10)16(13)19-18-14-8-6-11(20(22)23)9-15(14)21/h1-9,21H,17H2/b19-18+. The van der Waals surface area contributed by atoms with Crippen molar-refractivity contribution < 1.29 is 10.0 Å². The largest absolute Gasteiger partial charge is 0.505 e. The molecule has 0 aromatic heterocycles. The van der Waals surface area contributed by atoms with E-state index in [0.717, 1.165) is 16.8 Å². The summed E-state index contributed by atoms with van der Waals surface area (Å²) in [5.41, 5.74) is 6.80. The molecule has 0 bridgehead atoms. The molecule has 3 N–H and O–H groups in total. The van der Waals surface area contributed by atoms with Crippen molar-refractivity contribution in [3.63, 3.8) is 0 Å². The number of nitro benzene ring substituents is 1. The van der Waals surface area contributed by atoms with Crippen LogP contribution in [0.3, 0.4) is 0 Å². The molecule has 3 rings (SSSR count). The summed E-state index contributed by atoms with van der Waals surface area (Å²) in [6.07, 6.45) is 0. The fourth-order valence-corrected chi connectivity index (χ4v) is 2.20. The summed E-state index contributed by atoms with van der Waals surface area (Å²) < 4.78 is 0. The number of non-ortho nitro benzene ring substituents is 1. The van der Waals surface area contributed by atoms with E-state index in [2.05, 4.69) is 10.2 Å². The number of benzene rings is 3. The van der Waals surface area contributed by atoms with E-state index in [1.165, 1.54) is 12.1 Å². The van der Waals surface area contributed by atoms with Gasteiger partial charge in [0.05, 0.1) is 16.7 Å². The first-order chi connectivity index (χ1) is 11.1. The Bertz CT molecular complexity index is 938. The van der Waals surface area contributed by atoms with Gasteiger partial charge in [-0.15, -0.1) is 10.2 Å². The van der Waals surface area contributed by atoms with Crippen LogP contribution in [-0.2, 0) is 0 Å². The van der Waals surface area contributed by atoms with Crippen LogP contribution in [0, 0.1) is 10.1 Å². The Labute approximate surface area is 130 Å². The molecule has 0 spiro atoms. The van der Waals surface area contributed by atoms with Gasteiger partial charge in [-0.2, -0.15) is 0 Å². The number of phenolic OH excluding ortho intramolecular Hbond substituents is 1. The lowest BCUT2D eigenvalue weighted by Crippen LogP contribution is -1.87. The topological polar surface area (TPSA) is 114 Å². The Morgan fingerprint density at radius 3 is 2.57 bits per heavy atom. The maximum Gasteiger partial charge on any atom is 0.273 e. The van der Waals surface area contributed by atoms with Crippen molar-refractivity contribution in [2.45, 2.75) is 0 Å². The summed E-state index contributed by atoms with van der Waals surface area (Å²) in [7, 11) is 0. The number of anilines is 1. The number of fused-ring (bicyclic) bond motifs is 1. The molecule has 3 aromatic carbocycles. The van der Waals surface area contributed by atoms with Crippen molar-refractivity contribution in [2.75, 3.05) is 5.73 Å². The van der Waals surface area contributed by atoms with Crippen LogP contribution in [0.4, 0.5) is 22.7 Å². The molecule has 0 radical (unpaired) electrons. The van der Waals surface area contributed by atoms with E-state index >= 15 is 0 Å². The lowest BCUT2D eigenvalue weighted by Gasteiger charge is -2.04. The van der Waals surface area contributed by atoms with E-state index in [1.807, 2.05) is 30.3 Å². The van der Waals surface area contributed by atoms with Gasteiger partial charge < -0.3 is 10.8 Å².